The molecule has 29 heavy (non-hydrogen) atoms. The van der Waals surface area contributed by atoms with E-state index in [0.29, 0.717) is 30.9 Å². The van der Waals surface area contributed by atoms with Crippen molar-refractivity contribution < 1.29 is 4.79 Å². The number of nitriles is 1. The molecule has 0 radical (unpaired) electrons. The Morgan fingerprint density at radius 3 is 2.62 bits per heavy atom. The van der Waals surface area contributed by atoms with Crippen LogP contribution in [0.15, 0.2) is 16.9 Å². The molecular formula is C21H27BrN6O. The Kier molecular flexibility index (Phi) is 4.78. The molecule has 6 rings (SSSR count). The highest BCUT2D eigenvalue weighted by molar-refractivity contribution is 9.10. The summed E-state index contributed by atoms with van der Waals surface area (Å²) in [5.41, 5.74) is 0.0146. The molecule has 4 bridgehead atoms. The Hall–Kier alpha value is -1.72. The van der Waals surface area contributed by atoms with Gasteiger partial charge in [-0.05, 0) is 79.1 Å². The third-order valence-electron chi connectivity index (χ3n) is 7.40. The van der Waals surface area contributed by atoms with Gasteiger partial charge in [0.1, 0.15) is 6.04 Å². The lowest BCUT2D eigenvalue weighted by atomic mass is 9.50. The van der Waals surface area contributed by atoms with E-state index >= 15 is 0 Å². The van der Waals surface area contributed by atoms with Crippen LogP contribution in [0.1, 0.15) is 51.4 Å². The van der Waals surface area contributed by atoms with Crippen LogP contribution in [0.2, 0.25) is 0 Å². The first-order chi connectivity index (χ1) is 14.0. The van der Waals surface area contributed by atoms with Crippen LogP contribution in [0.5, 0.6) is 0 Å². The van der Waals surface area contributed by atoms with Crippen LogP contribution in [0.4, 0.5) is 5.95 Å². The van der Waals surface area contributed by atoms with E-state index in [-0.39, 0.29) is 23.0 Å². The normalized spacial score (nSPS) is 37.5. The van der Waals surface area contributed by atoms with Crippen molar-refractivity contribution in [2.75, 3.05) is 18.4 Å². The average Bonchev–Trinajstić information content (AvgIpc) is 3.16. The fraction of sp³-hybridized carbons (Fsp3) is 0.714. The zero-order valence-electron chi connectivity index (χ0n) is 16.5. The van der Waals surface area contributed by atoms with Crippen molar-refractivity contribution in [1.82, 2.24) is 20.2 Å². The lowest BCUT2D eigenvalue weighted by molar-refractivity contribution is -0.131. The molecule has 1 aliphatic heterocycles. The molecule has 2 N–H and O–H groups in total. The number of rotatable bonds is 5. The number of nitrogens with one attached hydrogen (secondary N) is 2. The van der Waals surface area contributed by atoms with Crippen molar-refractivity contribution in [2.45, 2.75) is 68.5 Å². The average molecular weight is 459 g/mol. The summed E-state index contributed by atoms with van der Waals surface area (Å²) in [7, 11) is 0. The second-order valence-corrected chi connectivity index (χ2v) is 10.5. The summed E-state index contributed by atoms with van der Waals surface area (Å²) < 4.78 is 0.878. The number of carbonyl (C=O) groups excluding carboxylic acids is 1. The highest BCUT2D eigenvalue weighted by Crippen LogP contribution is 2.58. The van der Waals surface area contributed by atoms with Crippen molar-refractivity contribution in [1.29, 1.82) is 5.26 Å². The van der Waals surface area contributed by atoms with Crippen molar-refractivity contribution in [3.05, 3.63) is 16.9 Å². The number of aromatic nitrogens is 2. The Morgan fingerprint density at radius 1 is 1.24 bits per heavy atom. The molecule has 0 spiro atoms. The number of halogens is 1. The van der Waals surface area contributed by atoms with Gasteiger partial charge in [0.25, 0.3) is 0 Å². The van der Waals surface area contributed by atoms with Gasteiger partial charge in [-0.25, -0.2) is 9.97 Å². The standard InChI is InChI=1S/C21H27BrN6O/c22-16-10-24-19(25-11-16)27-21-7-14-4-15(8-21)6-20(5-14,13-21)26-12-18(29)28-3-1-2-17(28)9-23/h10-11,14-15,17,26H,1-8,12-13H2,(H,24,25,27)/t14?,15?,17-,20?,21?/m0/s1. The first-order valence-electron chi connectivity index (χ1n) is 10.7. The minimum absolute atomic E-state index is 0.00394. The summed E-state index contributed by atoms with van der Waals surface area (Å²) in [4.78, 5) is 23.4. The van der Waals surface area contributed by atoms with Crippen LogP contribution in [0.3, 0.4) is 0 Å². The molecule has 154 valence electrons. The molecule has 3 atom stereocenters. The topological polar surface area (TPSA) is 93.9 Å². The van der Waals surface area contributed by atoms with Gasteiger partial charge in [0.2, 0.25) is 11.9 Å². The number of likely N-dealkylation sites (tertiary alicyclic amines) is 1. The molecular weight excluding hydrogens is 432 g/mol. The lowest BCUT2D eigenvalue weighted by Crippen LogP contribution is -2.67. The molecule has 1 aromatic heterocycles. The lowest BCUT2D eigenvalue weighted by Gasteiger charge is -2.62. The highest BCUT2D eigenvalue weighted by Gasteiger charge is 2.58. The van der Waals surface area contributed by atoms with E-state index in [0.717, 1.165) is 49.4 Å². The Bertz CT molecular complexity index is 823. The van der Waals surface area contributed by atoms with Gasteiger partial charge in [-0.3, -0.25) is 4.79 Å². The molecule has 0 aromatic carbocycles. The largest absolute Gasteiger partial charge is 0.349 e. The smallest absolute Gasteiger partial charge is 0.237 e. The number of carbonyl (C=O) groups is 1. The molecule has 4 saturated carbocycles. The van der Waals surface area contributed by atoms with Crippen molar-refractivity contribution >= 4 is 27.8 Å². The van der Waals surface area contributed by atoms with Crippen LogP contribution in [0, 0.1) is 23.2 Å². The molecule has 5 fully saturated rings. The van der Waals surface area contributed by atoms with E-state index in [1.165, 1.54) is 6.42 Å². The maximum atomic E-state index is 12.8. The fourth-order valence-electron chi connectivity index (χ4n) is 6.79. The Morgan fingerprint density at radius 2 is 1.93 bits per heavy atom. The second-order valence-electron chi connectivity index (χ2n) is 9.60. The number of nitrogens with zero attached hydrogens (tertiary/aromatic N) is 4. The molecule has 1 aromatic rings. The minimum atomic E-state index is -0.247. The molecule has 1 amide bonds. The summed E-state index contributed by atoms with van der Waals surface area (Å²) >= 11 is 3.40. The predicted octanol–water partition coefficient (Wildman–Crippen LogP) is 2.85. The van der Waals surface area contributed by atoms with Crippen molar-refractivity contribution in [3.8, 4) is 6.07 Å². The zero-order valence-corrected chi connectivity index (χ0v) is 18.1. The number of hydrogen-bond donors (Lipinski definition) is 2. The Balaban J connectivity index is 1.30. The molecule has 4 aliphatic carbocycles. The van der Waals surface area contributed by atoms with Gasteiger partial charge < -0.3 is 15.5 Å². The zero-order chi connectivity index (χ0) is 20.1. The van der Waals surface area contributed by atoms with E-state index in [1.54, 1.807) is 17.3 Å². The molecule has 1 saturated heterocycles. The molecule has 7 nitrogen and oxygen atoms in total. The first-order valence-corrected chi connectivity index (χ1v) is 11.5. The summed E-state index contributed by atoms with van der Waals surface area (Å²) in [5, 5.41) is 16.6. The summed E-state index contributed by atoms with van der Waals surface area (Å²) in [6, 6.07) is 2.03. The third-order valence-corrected chi connectivity index (χ3v) is 7.80. The van der Waals surface area contributed by atoms with E-state index in [2.05, 4.69) is 42.6 Å². The second kappa shape index (κ2) is 7.21. The van der Waals surface area contributed by atoms with Gasteiger partial charge in [0.15, 0.2) is 0 Å². The van der Waals surface area contributed by atoms with Gasteiger partial charge >= 0.3 is 0 Å². The fourth-order valence-corrected chi connectivity index (χ4v) is 7.00. The van der Waals surface area contributed by atoms with E-state index in [1.807, 2.05) is 0 Å². The van der Waals surface area contributed by atoms with Crippen molar-refractivity contribution in [3.63, 3.8) is 0 Å². The summed E-state index contributed by atoms with van der Waals surface area (Å²) in [6.07, 6.45) is 12.2. The Labute approximate surface area is 179 Å². The third kappa shape index (κ3) is 3.64. The van der Waals surface area contributed by atoms with Gasteiger partial charge in [-0.15, -0.1) is 0 Å². The summed E-state index contributed by atoms with van der Waals surface area (Å²) in [6.45, 7) is 1.05. The highest BCUT2D eigenvalue weighted by atomic mass is 79.9. The maximum absolute atomic E-state index is 12.8. The number of anilines is 1. The van der Waals surface area contributed by atoms with Crippen LogP contribution >= 0.6 is 15.9 Å². The van der Waals surface area contributed by atoms with Gasteiger partial charge in [-0.2, -0.15) is 5.26 Å². The van der Waals surface area contributed by atoms with Gasteiger partial charge in [0.05, 0.1) is 17.1 Å². The van der Waals surface area contributed by atoms with E-state index in [9.17, 15) is 10.1 Å². The summed E-state index contributed by atoms with van der Waals surface area (Å²) in [5.74, 6) is 2.12. The molecule has 2 unspecified atom stereocenters. The number of amides is 1. The van der Waals surface area contributed by atoms with E-state index < -0.39 is 0 Å². The first kappa shape index (κ1) is 19.3. The monoisotopic (exact) mass is 458 g/mol. The van der Waals surface area contributed by atoms with Crippen molar-refractivity contribution in [2.24, 2.45) is 11.8 Å². The van der Waals surface area contributed by atoms with Crippen LogP contribution in [-0.2, 0) is 4.79 Å². The van der Waals surface area contributed by atoms with Gasteiger partial charge in [0, 0.05) is 30.0 Å². The molecule has 5 aliphatic rings. The SMILES string of the molecule is N#C[C@@H]1CCCN1C(=O)CNC12CC3CC(C1)CC(Nc1ncc(Br)cn1)(C3)C2. The molecule has 8 heteroatoms. The predicted molar refractivity (Wildman–Crippen MR) is 112 cm³/mol. The van der Waals surface area contributed by atoms with E-state index in [4.69, 9.17) is 0 Å². The number of hydrogen-bond acceptors (Lipinski definition) is 6. The van der Waals surface area contributed by atoms with Crippen LogP contribution in [-0.4, -0.2) is 51.0 Å². The maximum Gasteiger partial charge on any atom is 0.237 e. The molecule has 2 heterocycles. The minimum Gasteiger partial charge on any atom is -0.349 e. The quantitative estimate of drug-likeness (QED) is 0.704. The van der Waals surface area contributed by atoms with Crippen LogP contribution in [0.25, 0.3) is 0 Å². The van der Waals surface area contributed by atoms with Crippen LogP contribution < -0.4 is 10.6 Å². The van der Waals surface area contributed by atoms with Gasteiger partial charge in [-0.1, -0.05) is 0 Å².